The van der Waals surface area contributed by atoms with Crippen LogP contribution in [0, 0.1) is 5.41 Å². The van der Waals surface area contributed by atoms with Crippen molar-refractivity contribution in [3.8, 4) is 0 Å². The zero-order valence-electron chi connectivity index (χ0n) is 17.2. The number of hydrogen-bond acceptors (Lipinski definition) is 3. The van der Waals surface area contributed by atoms with Crippen molar-refractivity contribution in [2.75, 3.05) is 13.1 Å². The van der Waals surface area contributed by atoms with E-state index in [1.165, 1.54) is 25.7 Å². The van der Waals surface area contributed by atoms with Crippen molar-refractivity contribution in [1.82, 2.24) is 15.2 Å². The Balaban J connectivity index is 1.44. The number of amides is 2. The number of rotatable bonds is 6. The quantitative estimate of drug-likeness (QED) is 0.678. The van der Waals surface area contributed by atoms with Crippen LogP contribution in [0.25, 0.3) is 10.9 Å². The summed E-state index contributed by atoms with van der Waals surface area (Å²) in [6.45, 7) is 1.37. The van der Waals surface area contributed by atoms with Crippen LogP contribution in [0.4, 0.5) is 0 Å². The highest BCUT2D eigenvalue weighted by atomic mass is 16.4. The monoisotopic (exact) mass is 411 g/mol. The summed E-state index contributed by atoms with van der Waals surface area (Å²) in [5.41, 5.74) is 1.60. The van der Waals surface area contributed by atoms with Crippen molar-refractivity contribution >= 4 is 28.7 Å². The van der Waals surface area contributed by atoms with Crippen LogP contribution in [-0.4, -0.2) is 51.9 Å². The molecule has 3 N–H and O–H groups in total. The van der Waals surface area contributed by atoms with Gasteiger partial charge in [0.2, 0.25) is 5.91 Å². The van der Waals surface area contributed by atoms with Crippen molar-refractivity contribution in [3.05, 3.63) is 36.0 Å². The maximum absolute atomic E-state index is 13.2. The van der Waals surface area contributed by atoms with E-state index in [4.69, 9.17) is 5.11 Å². The van der Waals surface area contributed by atoms with Crippen LogP contribution in [0.1, 0.15) is 61.9 Å². The van der Waals surface area contributed by atoms with E-state index in [1.807, 2.05) is 29.2 Å². The molecule has 0 radical (unpaired) electrons. The van der Waals surface area contributed by atoms with Gasteiger partial charge in [0.05, 0.1) is 0 Å². The summed E-state index contributed by atoms with van der Waals surface area (Å²) in [6.07, 6.45) is 6.96. The molecule has 2 aliphatic rings. The topological polar surface area (TPSA) is 102 Å². The number of carbonyl (C=O) groups excluding carboxylic acids is 2. The second-order valence-electron chi connectivity index (χ2n) is 8.76. The Kier molecular flexibility index (Phi) is 5.79. The minimum absolute atomic E-state index is 0.0851. The van der Waals surface area contributed by atoms with E-state index in [0.29, 0.717) is 24.2 Å². The minimum Gasteiger partial charge on any atom is -0.481 e. The van der Waals surface area contributed by atoms with Gasteiger partial charge in [0.1, 0.15) is 11.7 Å². The highest BCUT2D eigenvalue weighted by molar-refractivity contribution is 6.00. The van der Waals surface area contributed by atoms with Crippen molar-refractivity contribution in [1.29, 1.82) is 0 Å². The van der Waals surface area contributed by atoms with Gasteiger partial charge in [-0.05, 0) is 49.7 Å². The SMILES string of the molecule is O=C(O)CC[C@@H](NC(=O)c1cc2ccccc2[nH]1)C(=O)N1CCC2(CCCC2)CC1. The number of nitrogens with one attached hydrogen (secondary N) is 2. The molecule has 1 aliphatic carbocycles. The van der Waals surface area contributed by atoms with Crippen molar-refractivity contribution < 1.29 is 19.5 Å². The second-order valence-corrected chi connectivity index (χ2v) is 8.76. The molecule has 1 spiro atoms. The summed E-state index contributed by atoms with van der Waals surface area (Å²) >= 11 is 0. The number of aromatic amines is 1. The fraction of sp³-hybridized carbons (Fsp3) is 0.522. The number of hydrogen-bond donors (Lipinski definition) is 3. The third kappa shape index (κ3) is 4.35. The number of fused-ring (bicyclic) bond motifs is 1. The fourth-order valence-electron chi connectivity index (χ4n) is 5.00. The molecule has 1 aliphatic heterocycles. The van der Waals surface area contributed by atoms with E-state index in [2.05, 4.69) is 10.3 Å². The molecule has 0 bridgehead atoms. The molecule has 2 amide bonds. The van der Waals surface area contributed by atoms with Crippen molar-refractivity contribution in [3.63, 3.8) is 0 Å². The Morgan fingerprint density at radius 2 is 1.80 bits per heavy atom. The van der Waals surface area contributed by atoms with Crippen LogP contribution in [0.3, 0.4) is 0 Å². The first-order chi connectivity index (χ1) is 14.5. The molecule has 7 nitrogen and oxygen atoms in total. The summed E-state index contributed by atoms with van der Waals surface area (Å²) < 4.78 is 0. The maximum atomic E-state index is 13.2. The van der Waals surface area contributed by atoms with Gasteiger partial charge in [-0.2, -0.15) is 0 Å². The molecule has 7 heteroatoms. The molecule has 4 rings (SSSR count). The molecule has 1 aromatic carbocycles. The number of aromatic nitrogens is 1. The summed E-state index contributed by atoms with van der Waals surface area (Å²) in [7, 11) is 0. The lowest BCUT2D eigenvalue weighted by atomic mass is 9.77. The van der Waals surface area contributed by atoms with E-state index in [-0.39, 0.29) is 24.7 Å². The Bertz CT molecular complexity index is 902. The smallest absolute Gasteiger partial charge is 0.303 e. The van der Waals surface area contributed by atoms with Gasteiger partial charge in [0.15, 0.2) is 0 Å². The number of nitrogens with zero attached hydrogens (tertiary/aromatic N) is 1. The summed E-state index contributed by atoms with van der Waals surface area (Å²) in [5.74, 6) is -1.54. The lowest BCUT2D eigenvalue weighted by molar-refractivity contribution is -0.138. The number of piperidine rings is 1. The van der Waals surface area contributed by atoms with Crippen LogP contribution >= 0.6 is 0 Å². The molecule has 30 heavy (non-hydrogen) atoms. The van der Waals surface area contributed by atoms with E-state index < -0.39 is 12.0 Å². The number of aliphatic carboxylic acids is 1. The molecule has 0 unspecified atom stereocenters. The number of likely N-dealkylation sites (tertiary alicyclic amines) is 1. The van der Waals surface area contributed by atoms with Gasteiger partial charge in [-0.15, -0.1) is 0 Å². The Morgan fingerprint density at radius 3 is 2.47 bits per heavy atom. The number of carbonyl (C=O) groups is 3. The first-order valence-electron chi connectivity index (χ1n) is 10.9. The summed E-state index contributed by atoms with van der Waals surface area (Å²) in [4.78, 5) is 41.9. The van der Waals surface area contributed by atoms with Crippen molar-refractivity contribution in [2.24, 2.45) is 5.41 Å². The second kappa shape index (κ2) is 8.50. The van der Waals surface area contributed by atoms with E-state index in [1.54, 1.807) is 6.07 Å². The zero-order valence-corrected chi connectivity index (χ0v) is 17.2. The number of benzene rings is 1. The average Bonchev–Trinajstić information content (AvgIpc) is 3.38. The predicted molar refractivity (Wildman–Crippen MR) is 113 cm³/mol. The lowest BCUT2D eigenvalue weighted by Gasteiger charge is -2.40. The van der Waals surface area contributed by atoms with Crippen LogP contribution in [0.5, 0.6) is 0 Å². The highest BCUT2D eigenvalue weighted by Crippen LogP contribution is 2.46. The maximum Gasteiger partial charge on any atom is 0.303 e. The van der Waals surface area contributed by atoms with Crippen LogP contribution in [0.2, 0.25) is 0 Å². The molecule has 160 valence electrons. The van der Waals surface area contributed by atoms with Gasteiger partial charge in [0.25, 0.3) is 5.91 Å². The Morgan fingerprint density at radius 1 is 1.10 bits per heavy atom. The molecule has 1 atom stereocenters. The Labute approximate surface area is 175 Å². The van der Waals surface area contributed by atoms with Crippen LogP contribution < -0.4 is 5.32 Å². The van der Waals surface area contributed by atoms with Gasteiger partial charge in [-0.25, -0.2) is 0 Å². The number of para-hydroxylation sites is 1. The van der Waals surface area contributed by atoms with Crippen LogP contribution in [-0.2, 0) is 9.59 Å². The molecule has 2 fully saturated rings. The molecule has 1 saturated carbocycles. The molecule has 2 heterocycles. The molecule has 2 aromatic rings. The molecule has 1 aromatic heterocycles. The number of carboxylic acids is 1. The van der Waals surface area contributed by atoms with Gasteiger partial charge < -0.3 is 20.3 Å². The van der Waals surface area contributed by atoms with Crippen molar-refractivity contribution in [2.45, 2.75) is 57.4 Å². The van der Waals surface area contributed by atoms with Gasteiger partial charge in [0, 0.05) is 30.4 Å². The average molecular weight is 412 g/mol. The molecule has 1 saturated heterocycles. The first kappa shape index (κ1) is 20.4. The standard InChI is InChI=1S/C23H29N3O4/c27-20(28)8-7-18(22(30)26-13-11-23(12-14-26)9-3-4-10-23)25-21(29)19-15-16-5-1-2-6-17(16)24-19/h1-2,5-6,15,18,24H,3-4,7-14H2,(H,25,29)(H,27,28)/t18-/m1/s1. The summed E-state index contributed by atoms with van der Waals surface area (Å²) in [6, 6.07) is 8.47. The predicted octanol–water partition coefficient (Wildman–Crippen LogP) is 3.31. The third-order valence-corrected chi connectivity index (χ3v) is 6.82. The van der Waals surface area contributed by atoms with E-state index >= 15 is 0 Å². The van der Waals surface area contributed by atoms with E-state index in [0.717, 1.165) is 23.7 Å². The van der Waals surface area contributed by atoms with Gasteiger partial charge >= 0.3 is 5.97 Å². The van der Waals surface area contributed by atoms with Crippen LogP contribution in [0.15, 0.2) is 30.3 Å². The Hall–Kier alpha value is -2.83. The summed E-state index contributed by atoms with van der Waals surface area (Å²) in [5, 5.41) is 12.8. The third-order valence-electron chi connectivity index (χ3n) is 6.82. The van der Waals surface area contributed by atoms with Gasteiger partial charge in [-0.1, -0.05) is 31.0 Å². The molecular formula is C23H29N3O4. The highest BCUT2D eigenvalue weighted by Gasteiger charge is 2.39. The van der Waals surface area contributed by atoms with Gasteiger partial charge in [-0.3, -0.25) is 14.4 Å². The zero-order chi connectivity index (χ0) is 21.1. The number of carboxylic acid groups (broad SMARTS) is 1. The fourth-order valence-corrected chi connectivity index (χ4v) is 5.00. The molecular weight excluding hydrogens is 382 g/mol. The largest absolute Gasteiger partial charge is 0.481 e. The minimum atomic E-state index is -0.976. The first-order valence-corrected chi connectivity index (χ1v) is 10.9. The normalized spacial score (nSPS) is 19.1. The lowest BCUT2D eigenvalue weighted by Crippen LogP contribution is -2.52. The van der Waals surface area contributed by atoms with E-state index in [9.17, 15) is 14.4 Å². The number of H-pyrrole nitrogens is 1.